The molecule has 4 rings (SSSR count). The molecule has 1 aliphatic rings. The van der Waals surface area contributed by atoms with E-state index in [1.54, 1.807) is 41.3 Å². The van der Waals surface area contributed by atoms with Gasteiger partial charge in [-0.3, -0.25) is 9.59 Å². The highest BCUT2D eigenvalue weighted by Gasteiger charge is 2.31. The minimum atomic E-state index is -0.734. The molecule has 1 fully saturated rings. The van der Waals surface area contributed by atoms with Gasteiger partial charge in [-0.1, -0.05) is 83.3 Å². The number of piperidine rings is 1. The lowest BCUT2D eigenvalue weighted by atomic mass is 9.93. The van der Waals surface area contributed by atoms with Crippen molar-refractivity contribution in [1.29, 1.82) is 0 Å². The van der Waals surface area contributed by atoms with Crippen LogP contribution in [0.15, 0.2) is 77.9 Å². The molecule has 0 aromatic heterocycles. The van der Waals surface area contributed by atoms with Gasteiger partial charge in [0.1, 0.15) is 0 Å². The quantitative estimate of drug-likeness (QED) is 0.381. The Kier molecular flexibility index (Phi) is 8.32. The zero-order valence-electron chi connectivity index (χ0n) is 19.7. The molecule has 3 aromatic rings. The lowest BCUT2D eigenvalue weighted by Gasteiger charge is -2.32. The molecule has 3 aromatic carbocycles. The molecule has 1 saturated heterocycles. The van der Waals surface area contributed by atoms with Gasteiger partial charge in [0.25, 0.3) is 0 Å². The van der Waals surface area contributed by atoms with Crippen molar-refractivity contribution in [3.05, 3.63) is 115 Å². The van der Waals surface area contributed by atoms with E-state index in [0.29, 0.717) is 38.2 Å². The standard InChI is InChI=1S/C29H25Cl3N2O2/c1-18-7-8-20(13-25(18)31)11-22-16-34(29(36)27(33)15-19-5-3-2-4-6-19)17-23(28(22)35)12-21-9-10-24(30)26(32)14-21/h2-14,27H,15-17,33H2,1H3/b22-11+,23-12+/t27-/m0/s1. The van der Waals surface area contributed by atoms with Gasteiger partial charge in [-0.2, -0.15) is 0 Å². The van der Waals surface area contributed by atoms with E-state index in [2.05, 4.69) is 0 Å². The number of halogens is 3. The molecule has 0 unspecified atom stereocenters. The van der Waals surface area contributed by atoms with Crippen molar-refractivity contribution in [2.75, 3.05) is 13.1 Å². The summed E-state index contributed by atoms with van der Waals surface area (Å²) in [7, 11) is 0. The summed E-state index contributed by atoms with van der Waals surface area (Å²) in [5, 5.41) is 1.42. The number of benzene rings is 3. The summed E-state index contributed by atoms with van der Waals surface area (Å²) >= 11 is 18.5. The van der Waals surface area contributed by atoms with Crippen LogP contribution in [0.1, 0.15) is 22.3 Å². The molecule has 36 heavy (non-hydrogen) atoms. The van der Waals surface area contributed by atoms with E-state index in [1.807, 2.05) is 49.4 Å². The van der Waals surface area contributed by atoms with E-state index in [1.165, 1.54) is 0 Å². The number of amides is 1. The number of aryl methyl sites for hydroxylation is 1. The predicted octanol–water partition coefficient (Wildman–Crippen LogP) is 6.40. The molecular formula is C29H25Cl3N2O2. The van der Waals surface area contributed by atoms with Crippen LogP contribution in [0.4, 0.5) is 0 Å². The van der Waals surface area contributed by atoms with Crippen LogP contribution in [-0.2, 0) is 16.0 Å². The number of nitrogens with two attached hydrogens (primary N) is 1. The molecule has 1 heterocycles. The third kappa shape index (κ3) is 6.26. The molecule has 0 spiro atoms. The normalized spacial score (nSPS) is 17.0. The number of nitrogens with zero attached hydrogens (tertiary/aromatic N) is 1. The van der Waals surface area contributed by atoms with Crippen LogP contribution in [0.2, 0.25) is 15.1 Å². The molecule has 1 amide bonds. The number of ketones is 1. The minimum absolute atomic E-state index is 0.140. The fraction of sp³-hybridized carbons (Fsp3) is 0.172. The summed E-state index contributed by atoms with van der Waals surface area (Å²) in [6.07, 6.45) is 3.92. The first-order chi connectivity index (χ1) is 17.2. The fourth-order valence-corrected chi connectivity index (χ4v) is 4.58. The van der Waals surface area contributed by atoms with Gasteiger partial charge < -0.3 is 10.6 Å². The fourth-order valence-electron chi connectivity index (χ4n) is 4.09. The van der Waals surface area contributed by atoms with Crippen LogP contribution in [0.3, 0.4) is 0 Å². The first-order valence-electron chi connectivity index (χ1n) is 11.5. The molecule has 0 aliphatic carbocycles. The largest absolute Gasteiger partial charge is 0.332 e. The van der Waals surface area contributed by atoms with Gasteiger partial charge in [-0.05, 0) is 65.9 Å². The summed E-state index contributed by atoms with van der Waals surface area (Å²) in [6.45, 7) is 2.22. The van der Waals surface area contributed by atoms with E-state index in [4.69, 9.17) is 40.5 Å². The molecular weight excluding hydrogens is 515 g/mol. The van der Waals surface area contributed by atoms with Gasteiger partial charge in [0.05, 0.1) is 16.1 Å². The number of carbonyl (C=O) groups excluding carboxylic acids is 2. The summed E-state index contributed by atoms with van der Waals surface area (Å²) in [6, 6.07) is 19.6. The number of hydrogen-bond acceptors (Lipinski definition) is 3. The minimum Gasteiger partial charge on any atom is -0.332 e. The maximum Gasteiger partial charge on any atom is 0.240 e. The van der Waals surface area contributed by atoms with Crippen molar-refractivity contribution in [1.82, 2.24) is 4.90 Å². The molecule has 0 saturated carbocycles. The topological polar surface area (TPSA) is 63.4 Å². The molecule has 184 valence electrons. The SMILES string of the molecule is Cc1ccc(/C=C2\CN(C(=O)[C@@H](N)Cc3ccccc3)C/C(=C\c3ccc(Cl)c(Cl)c3)C2=O)cc1Cl. The first kappa shape index (κ1) is 26.2. The Morgan fingerprint density at radius 3 is 2.06 bits per heavy atom. The summed E-state index contributed by atoms with van der Waals surface area (Å²) < 4.78 is 0. The summed E-state index contributed by atoms with van der Waals surface area (Å²) in [5.41, 5.74) is 10.7. The van der Waals surface area contributed by atoms with Crippen LogP contribution in [0.5, 0.6) is 0 Å². The summed E-state index contributed by atoms with van der Waals surface area (Å²) in [4.78, 5) is 28.5. The van der Waals surface area contributed by atoms with E-state index < -0.39 is 6.04 Å². The van der Waals surface area contributed by atoms with Gasteiger partial charge in [0.2, 0.25) is 5.91 Å². The lowest BCUT2D eigenvalue weighted by molar-refractivity contribution is -0.132. The number of Topliss-reactive ketones (excluding diaryl/α,β-unsaturated/α-hetero) is 1. The van der Waals surface area contributed by atoms with Crippen molar-refractivity contribution in [2.45, 2.75) is 19.4 Å². The van der Waals surface area contributed by atoms with E-state index in [9.17, 15) is 9.59 Å². The number of hydrogen-bond donors (Lipinski definition) is 1. The van der Waals surface area contributed by atoms with E-state index in [-0.39, 0.29) is 24.8 Å². The zero-order chi connectivity index (χ0) is 25.8. The van der Waals surface area contributed by atoms with Crippen molar-refractivity contribution >= 4 is 58.6 Å². The Hall–Kier alpha value is -2.89. The van der Waals surface area contributed by atoms with Gasteiger partial charge in [-0.15, -0.1) is 0 Å². The monoisotopic (exact) mass is 538 g/mol. The van der Waals surface area contributed by atoms with E-state index in [0.717, 1.165) is 16.7 Å². The van der Waals surface area contributed by atoms with Crippen molar-refractivity contribution in [3.63, 3.8) is 0 Å². The van der Waals surface area contributed by atoms with Crippen molar-refractivity contribution in [2.24, 2.45) is 5.73 Å². The predicted molar refractivity (Wildman–Crippen MR) is 148 cm³/mol. The molecule has 4 nitrogen and oxygen atoms in total. The van der Waals surface area contributed by atoms with Gasteiger partial charge in [0.15, 0.2) is 5.78 Å². The Bertz CT molecular complexity index is 1290. The number of likely N-dealkylation sites (tertiary alicyclic amines) is 1. The third-order valence-corrected chi connectivity index (χ3v) is 7.20. The average Bonchev–Trinajstić information content (AvgIpc) is 2.86. The maximum atomic E-state index is 13.5. The average molecular weight is 540 g/mol. The second kappa shape index (κ2) is 11.4. The highest BCUT2D eigenvalue weighted by molar-refractivity contribution is 6.42. The van der Waals surface area contributed by atoms with Crippen LogP contribution in [0.25, 0.3) is 12.2 Å². The molecule has 1 atom stereocenters. The number of rotatable bonds is 5. The van der Waals surface area contributed by atoms with Crippen molar-refractivity contribution in [3.8, 4) is 0 Å². The maximum absolute atomic E-state index is 13.5. The van der Waals surface area contributed by atoms with Gasteiger partial charge >= 0.3 is 0 Å². The molecule has 7 heteroatoms. The zero-order valence-corrected chi connectivity index (χ0v) is 21.9. The first-order valence-corrected chi connectivity index (χ1v) is 12.6. The van der Waals surface area contributed by atoms with Crippen LogP contribution in [0, 0.1) is 6.92 Å². The van der Waals surface area contributed by atoms with E-state index >= 15 is 0 Å². The molecule has 0 radical (unpaired) electrons. The molecule has 1 aliphatic heterocycles. The van der Waals surface area contributed by atoms with Gasteiger partial charge in [0, 0.05) is 29.3 Å². The Morgan fingerprint density at radius 1 is 0.889 bits per heavy atom. The second-order valence-electron chi connectivity index (χ2n) is 8.84. The highest BCUT2D eigenvalue weighted by atomic mass is 35.5. The Labute approximate surface area is 226 Å². The van der Waals surface area contributed by atoms with Crippen LogP contribution in [-0.4, -0.2) is 35.7 Å². The lowest BCUT2D eigenvalue weighted by Crippen LogP contribution is -2.49. The molecule has 0 bridgehead atoms. The Balaban J connectivity index is 1.68. The smallest absolute Gasteiger partial charge is 0.240 e. The van der Waals surface area contributed by atoms with Crippen LogP contribution < -0.4 is 5.73 Å². The van der Waals surface area contributed by atoms with Crippen LogP contribution >= 0.6 is 34.8 Å². The van der Waals surface area contributed by atoms with Crippen molar-refractivity contribution < 1.29 is 9.59 Å². The second-order valence-corrected chi connectivity index (χ2v) is 10.1. The Morgan fingerprint density at radius 2 is 1.47 bits per heavy atom. The summed E-state index contributed by atoms with van der Waals surface area (Å²) in [5.74, 6) is -0.363. The molecule has 2 N–H and O–H groups in total. The van der Waals surface area contributed by atoms with Gasteiger partial charge in [-0.25, -0.2) is 0 Å². The third-order valence-electron chi connectivity index (χ3n) is 6.05. The number of carbonyl (C=O) groups is 2. The highest BCUT2D eigenvalue weighted by Crippen LogP contribution is 2.27.